The number of hydrogen-bond acceptors (Lipinski definition) is 2. The lowest BCUT2D eigenvalue weighted by Crippen LogP contribution is -2.38. The molecule has 0 unspecified atom stereocenters. The number of nitrogens with zero attached hydrogens (tertiary/aromatic N) is 4. The van der Waals surface area contributed by atoms with Gasteiger partial charge in [0, 0.05) is 39.6 Å². The molecule has 0 radical (unpaired) electrons. The summed E-state index contributed by atoms with van der Waals surface area (Å²) >= 11 is 0. The van der Waals surface area contributed by atoms with Crippen LogP contribution in [0.4, 0.5) is 4.39 Å². The number of halogens is 1. The van der Waals surface area contributed by atoms with Gasteiger partial charge in [-0.1, -0.05) is 36.4 Å². The molecular formula is C21H24FN5. The average molecular weight is 365 g/mol. The lowest BCUT2D eigenvalue weighted by molar-refractivity contribution is 0.474. The van der Waals surface area contributed by atoms with Crippen molar-refractivity contribution in [2.24, 2.45) is 4.99 Å². The van der Waals surface area contributed by atoms with Crippen molar-refractivity contribution in [3.8, 4) is 0 Å². The zero-order valence-corrected chi connectivity index (χ0v) is 15.6. The number of benzene rings is 2. The van der Waals surface area contributed by atoms with E-state index in [-0.39, 0.29) is 5.82 Å². The first-order valence-corrected chi connectivity index (χ1v) is 8.86. The maximum absolute atomic E-state index is 13.4. The topological polar surface area (TPSA) is 45.5 Å². The van der Waals surface area contributed by atoms with Crippen LogP contribution in [0.1, 0.15) is 16.7 Å². The van der Waals surface area contributed by atoms with Crippen LogP contribution in [0.15, 0.2) is 72.0 Å². The molecule has 0 saturated heterocycles. The van der Waals surface area contributed by atoms with Crippen LogP contribution >= 0.6 is 0 Å². The van der Waals surface area contributed by atoms with E-state index in [1.165, 1.54) is 17.2 Å². The Morgan fingerprint density at radius 2 is 1.96 bits per heavy atom. The van der Waals surface area contributed by atoms with E-state index in [9.17, 15) is 4.39 Å². The predicted molar refractivity (Wildman–Crippen MR) is 106 cm³/mol. The summed E-state index contributed by atoms with van der Waals surface area (Å²) < 4.78 is 15.3. The SMILES string of the molecule is CN=C(NCc1ccccc1Cn1cccn1)N(C)Cc1cccc(F)c1. The molecule has 5 nitrogen and oxygen atoms in total. The largest absolute Gasteiger partial charge is 0.352 e. The summed E-state index contributed by atoms with van der Waals surface area (Å²) in [7, 11) is 3.69. The summed E-state index contributed by atoms with van der Waals surface area (Å²) in [5, 5.41) is 7.67. The molecule has 140 valence electrons. The van der Waals surface area contributed by atoms with Crippen molar-refractivity contribution in [1.82, 2.24) is 20.0 Å². The number of aliphatic imine (C=N–C) groups is 1. The summed E-state index contributed by atoms with van der Waals surface area (Å²) in [5.74, 6) is 0.532. The zero-order chi connectivity index (χ0) is 19.1. The van der Waals surface area contributed by atoms with Crippen LogP contribution in [-0.2, 0) is 19.6 Å². The Balaban J connectivity index is 1.64. The minimum Gasteiger partial charge on any atom is -0.352 e. The zero-order valence-electron chi connectivity index (χ0n) is 15.6. The van der Waals surface area contributed by atoms with Gasteiger partial charge >= 0.3 is 0 Å². The fraction of sp³-hybridized carbons (Fsp3) is 0.238. The van der Waals surface area contributed by atoms with Gasteiger partial charge in [0.25, 0.3) is 0 Å². The molecule has 0 saturated carbocycles. The van der Waals surface area contributed by atoms with Crippen molar-refractivity contribution in [2.75, 3.05) is 14.1 Å². The van der Waals surface area contributed by atoms with Gasteiger partial charge < -0.3 is 10.2 Å². The molecular weight excluding hydrogens is 341 g/mol. The minimum absolute atomic E-state index is 0.226. The molecule has 0 amide bonds. The summed E-state index contributed by atoms with van der Waals surface area (Å²) in [5.41, 5.74) is 3.30. The van der Waals surface area contributed by atoms with Gasteiger partial charge in [0.05, 0.1) is 6.54 Å². The van der Waals surface area contributed by atoms with Crippen LogP contribution in [-0.4, -0.2) is 34.7 Å². The molecule has 0 aliphatic heterocycles. The van der Waals surface area contributed by atoms with Crippen LogP contribution in [0.3, 0.4) is 0 Å². The third-order valence-corrected chi connectivity index (χ3v) is 4.33. The Labute approximate surface area is 159 Å². The van der Waals surface area contributed by atoms with Crippen molar-refractivity contribution in [2.45, 2.75) is 19.6 Å². The highest BCUT2D eigenvalue weighted by Gasteiger charge is 2.09. The molecule has 3 aromatic rings. The summed E-state index contributed by atoms with van der Waals surface area (Å²) in [6.07, 6.45) is 3.74. The second kappa shape index (κ2) is 8.98. The van der Waals surface area contributed by atoms with Gasteiger partial charge in [0.1, 0.15) is 5.82 Å². The Hall–Kier alpha value is -3.15. The van der Waals surface area contributed by atoms with E-state index in [0.717, 1.165) is 18.1 Å². The van der Waals surface area contributed by atoms with Crippen molar-refractivity contribution < 1.29 is 4.39 Å². The lowest BCUT2D eigenvalue weighted by Gasteiger charge is -2.23. The molecule has 3 rings (SSSR count). The maximum atomic E-state index is 13.4. The second-order valence-electron chi connectivity index (χ2n) is 6.36. The molecule has 27 heavy (non-hydrogen) atoms. The highest BCUT2D eigenvalue weighted by molar-refractivity contribution is 5.79. The van der Waals surface area contributed by atoms with Crippen molar-refractivity contribution in [3.63, 3.8) is 0 Å². The Kier molecular flexibility index (Phi) is 6.20. The quantitative estimate of drug-likeness (QED) is 0.539. The van der Waals surface area contributed by atoms with Gasteiger partial charge in [-0.15, -0.1) is 0 Å². The van der Waals surface area contributed by atoms with Gasteiger partial charge in [-0.05, 0) is 34.9 Å². The van der Waals surface area contributed by atoms with E-state index in [2.05, 4.69) is 27.5 Å². The van der Waals surface area contributed by atoms with Gasteiger partial charge in [-0.25, -0.2) is 4.39 Å². The average Bonchev–Trinajstić information content (AvgIpc) is 3.16. The van der Waals surface area contributed by atoms with Gasteiger partial charge in [0.2, 0.25) is 0 Å². The van der Waals surface area contributed by atoms with Crippen LogP contribution in [0.25, 0.3) is 0 Å². The first kappa shape index (κ1) is 18.6. The summed E-state index contributed by atoms with van der Waals surface area (Å²) in [4.78, 5) is 6.32. The summed E-state index contributed by atoms with van der Waals surface area (Å²) in [6, 6.07) is 16.8. The molecule has 1 heterocycles. The Morgan fingerprint density at radius 1 is 1.15 bits per heavy atom. The van der Waals surface area contributed by atoms with E-state index < -0.39 is 0 Å². The molecule has 0 spiro atoms. The van der Waals surface area contributed by atoms with E-state index >= 15 is 0 Å². The maximum Gasteiger partial charge on any atom is 0.193 e. The number of rotatable bonds is 6. The first-order valence-electron chi connectivity index (χ1n) is 8.86. The molecule has 0 bridgehead atoms. The van der Waals surface area contributed by atoms with Crippen LogP contribution in [0.5, 0.6) is 0 Å². The van der Waals surface area contributed by atoms with E-state index in [1.807, 2.05) is 47.1 Å². The second-order valence-corrected chi connectivity index (χ2v) is 6.36. The molecule has 1 aromatic heterocycles. The molecule has 0 atom stereocenters. The lowest BCUT2D eigenvalue weighted by atomic mass is 10.1. The standard InChI is InChI=1S/C21H24FN5/c1-23-21(26(2)15-17-7-5-10-20(22)13-17)24-14-18-8-3-4-9-19(18)16-27-12-6-11-25-27/h3-13H,14-16H2,1-2H3,(H,23,24). The number of hydrogen-bond donors (Lipinski definition) is 1. The van der Waals surface area contributed by atoms with Gasteiger partial charge in [-0.3, -0.25) is 9.67 Å². The van der Waals surface area contributed by atoms with E-state index in [4.69, 9.17) is 0 Å². The normalized spacial score (nSPS) is 11.4. The Morgan fingerprint density at radius 3 is 2.67 bits per heavy atom. The predicted octanol–water partition coefficient (Wildman–Crippen LogP) is 3.28. The molecule has 0 fully saturated rings. The molecule has 2 aromatic carbocycles. The number of guanidine groups is 1. The number of nitrogens with one attached hydrogen (secondary N) is 1. The fourth-order valence-corrected chi connectivity index (χ4v) is 3.00. The van der Waals surface area contributed by atoms with Crippen molar-refractivity contribution in [1.29, 1.82) is 0 Å². The van der Waals surface area contributed by atoms with Gasteiger partial charge in [0.15, 0.2) is 5.96 Å². The first-order chi connectivity index (χ1) is 13.2. The van der Waals surface area contributed by atoms with Crippen LogP contribution < -0.4 is 5.32 Å². The smallest absolute Gasteiger partial charge is 0.193 e. The molecule has 6 heteroatoms. The molecule has 0 aliphatic carbocycles. The molecule has 0 aliphatic rings. The fourth-order valence-electron chi connectivity index (χ4n) is 3.00. The third-order valence-electron chi connectivity index (χ3n) is 4.33. The Bertz CT molecular complexity index is 889. The van der Waals surface area contributed by atoms with Crippen LogP contribution in [0.2, 0.25) is 0 Å². The van der Waals surface area contributed by atoms with Crippen molar-refractivity contribution in [3.05, 3.63) is 89.5 Å². The molecule has 1 N–H and O–H groups in total. The number of aromatic nitrogens is 2. The summed E-state index contributed by atoms with van der Waals surface area (Å²) in [6.45, 7) is 1.95. The monoisotopic (exact) mass is 365 g/mol. The van der Waals surface area contributed by atoms with Crippen LogP contribution in [0, 0.1) is 5.82 Å². The van der Waals surface area contributed by atoms with E-state index in [1.54, 1.807) is 25.4 Å². The highest BCUT2D eigenvalue weighted by Crippen LogP contribution is 2.11. The minimum atomic E-state index is -0.226. The van der Waals surface area contributed by atoms with Gasteiger partial charge in [-0.2, -0.15) is 5.10 Å². The van der Waals surface area contributed by atoms with Crippen molar-refractivity contribution >= 4 is 5.96 Å². The van der Waals surface area contributed by atoms with E-state index in [0.29, 0.717) is 13.1 Å². The highest BCUT2D eigenvalue weighted by atomic mass is 19.1. The third kappa shape index (κ3) is 5.17.